The van der Waals surface area contributed by atoms with Crippen LogP contribution < -0.4 is 0 Å². The molecular formula is C14H14FNO5. The molecule has 0 amide bonds. The van der Waals surface area contributed by atoms with E-state index in [0.717, 1.165) is 0 Å². The Hall–Kier alpha value is -2.02. The fraction of sp³-hybridized carbons (Fsp3) is 0.500. The first kappa shape index (κ1) is 13.9. The van der Waals surface area contributed by atoms with Gasteiger partial charge in [-0.05, 0) is 30.5 Å². The Kier molecular flexibility index (Phi) is 3.16. The van der Waals surface area contributed by atoms with Crippen molar-refractivity contribution >= 4 is 5.97 Å². The van der Waals surface area contributed by atoms with Gasteiger partial charge in [-0.15, -0.1) is 0 Å². The van der Waals surface area contributed by atoms with Gasteiger partial charge in [0, 0.05) is 4.92 Å². The first-order chi connectivity index (χ1) is 9.96. The molecule has 4 atom stereocenters. The third-order valence-electron chi connectivity index (χ3n) is 4.59. The number of carbonyl (C=O) groups excluding carboxylic acids is 1. The van der Waals surface area contributed by atoms with E-state index in [1.807, 2.05) is 0 Å². The average molecular weight is 295 g/mol. The molecule has 0 spiro atoms. The molecule has 2 aliphatic rings. The lowest BCUT2D eigenvalue weighted by Gasteiger charge is -2.46. The van der Waals surface area contributed by atoms with Gasteiger partial charge in [-0.3, -0.25) is 14.9 Å². The zero-order valence-corrected chi connectivity index (χ0v) is 11.1. The van der Waals surface area contributed by atoms with Crippen LogP contribution in [0, 0.1) is 21.8 Å². The molecule has 0 aromatic heterocycles. The van der Waals surface area contributed by atoms with Crippen LogP contribution in [-0.4, -0.2) is 34.2 Å². The maximum Gasteiger partial charge on any atom is 0.310 e. The largest absolute Gasteiger partial charge is 0.458 e. The Bertz CT molecular complexity index is 590. The number of hydrogen-bond donors (Lipinski definition) is 1. The molecule has 3 rings (SSSR count). The van der Waals surface area contributed by atoms with Crippen molar-refractivity contribution in [2.24, 2.45) is 5.92 Å². The number of rotatable bonds is 2. The van der Waals surface area contributed by atoms with E-state index in [2.05, 4.69) is 0 Å². The van der Waals surface area contributed by atoms with Crippen LogP contribution in [0.5, 0.6) is 0 Å². The highest BCUT2D eigenvalue weighted by molar-refractivity contribution is 5.75. The highest BCUT2D eigenvalue weighted by Gasteiger charge is 2.66. The van der Waals surface area contributed by atoms with Crippen LogP contribution in [0.1, 0.15) is 24.3 Å². The van der Waals surface area contributed by atoms with Crippen LogP contribution in [0.3, 0.4) is 0 Å². The Morgan fingerprint density at radius 1 is 1.33 bits per heavy atom. The van der Waals surface area contributed by atoms with Crippen LogP contribution in [0.15, 0.2) is 24.3 Å². The minimum atomic E-state index is -1.76. The first-order valence-corrected chi connectivity index (χ1v) is 6.71. The van der Waals surface area contributed by atoms with Crippen molar-refractivity contribution in [3.05, 3.63) is 45.8 Å². The van der Waals surface area contributed by atoms with Gasteiger partial charge in [0.15, 0.2) is 6.61 Å². The molecule has 2 bridgehead atoms. The maximum atomic E-state index is 13.1. The van der Waals surface area contributed by atoms with Gasteiger partial charge in [0.2, 0.25) is 0 Å². The molecule has 1 aromatic rings. The number of hydrogen-bond acceptors (Lipinski definition) is 5. The summed E-state index contributed by atoms with van der Waals surface area (Å²) in [5.74, 6) is -2.44. The molecular weight excluding hydrogens is 281 g/mol. The van der Waals surface area contributed by atoms with Crippen molar-refractivity contribution < 1.29 is 24.0 Å². The third-order valence-corrected chi connectivity index (χ3v) is 4.59. The number of nitro groups is 1. The molecule has 0 radical (unpaired) electrons. The van der Waals surface area contributed by atoms with E-state index in [4.69, 9.17) is 4.74 Å². The molecule has 21 heavy (non-hydrogen) atoms. The van der Waals surface area contributed by atoms with Gasteiger partial charge >= 0.3 is 5.97 Å². The summed E-state index contributed by atoms with van der Waals surface area (Å²) in [6.07, 6.45) is -0.706. The Morgan fingerprint density at radius 2 is 2.00 bits per heavy atom. The number of aliphatic hydroxyl groups is 1. The lowest BCUT2D eigenvalue weighted by Crippen LogP contribution is -2.65. The SMILES string of the molecule is O=C1OC[C@]2([N+](=O)[O-])[C@H](c3ccc(F)cc3)[C@H]1CC[C@@H]2O. The van der Waals surface area contributed by atoms with Gasteiger partial charge in [0.25, 0.3) is 5.54 Å². The molecule has 2 fully saturated rings. The van der Waals surface area contributed by atoms with E-state index < -0.39 is 46.8 Å². The Morgan fingerprint density at radius 3 is 2.62 bits per heavy atom. The summed E-state index contributed by atoms with van der Waals surface area (Å²) in [5, 5.41) is 21.8. The van der Waals surface area contributed by atoms with Crippen LogP contribution in [0.4, 0.5) is 4.39 Å². The van der Waals surface area contributed by atoms with Crippen molar-refractivity contribution in [1.29, 1.82) is 0 Å². The fourth-order valence-electron chi connectivity index (χ4n) is 3.52. The van der Waals surface area contributed by atoms with Crippen LogP contribution in [0.2, 0.25) is 0 Å². The van der Waals surface area contributed by atoms with Gasteiger partial charge in [-0.2, -0.15) is 0 Å². The number of cyclic esters (lactones) is 1. The number of esters is 1. The van der Waals surface area contributed by atoms with Crippen molar-refractivity contribution in [1.82, 2.24) is 0 Å². The predicted octanol–water partition coefficient (Wildman–Crippen LogP) is 1.25. The van der Waals surface area contributed by atoms with E-state index in [1.54, 1.807) is 0 Å². The Labute approximate surface area is 119 Å². The van der Waals surface area contributed by atoms with Gasteiger partial charge in [0.1, 0.15) is 11.9 Å². The second-order valence-corrected chi connectivity index (χ2v) is 5.58. The third kappa shape index (κ3) is 1.91. The molecule has 1 N–H and O–H groups in total. The number of nitrogens with zero attached hydrogens (tertiary/aromatic N) is 1. The second kappa shape index (κ2) is 4.77. The zero-order chi connectivity index (χ0) is 15.2. The quantitative estimate of drug-likeness (QED) is 0.504. The molecule has 0 unspecified atom stereocenters. The van der Waals surface area contributed by atoms with E-state index in [9.17, 15) is 24.4 Å². The van der Waals surface area contributed by atoms with Crippen molar-refractivity contribution in [2.45, 2.75) is 30.4 Å². The lowest BCUT2D eigenvalue weighted by atomic mass is 9.62. The number of ether oxygens (including phenoxy) is 1. The van der Waals surface area contributed by atoms with Crippen molar-refractivity contribution in [3.63, 3.8) is 0 Å². The van der Waals surface area contributed by atoms with Crippen LogP contribution in [-0.2, 0) is 9.53 Å². The normalized spacial score (nSPS) is 35.1. The second-order valence-electron chi connectivity index (χ2n) is 5.58. The summed E-state index contributed by atoms with van der Waals surface area (Å²) in [7, 11) is 0. The summed E-state index contributed by atoms with van der Waals surface area (Å²) in [4.78, 5) is 23.0. The number of aliphatic hydroxyl groups excluding tert-OH is 1. The summed E-state index contributed by atoms with van der Waals surface area (Å²) in [6.45, 7) is -0.460. The number of halogens is 1. The molecule has 1 aliphatic heterocycles. The summed E-state index contributed by atoms with van der Waals surface area (Å²) < 4.78 is 18.0. The fourth-order valence-corrected chi connectivity index (χ4v) is 3.52. The summed E-state index contributed by atoms with van der Waals surface area (Å²) in [5.41, 5.74) is -1.28. The topological polar surface area (TPSA) is 89.7 Å². The first-order valence-electron chi connectivity index (χ1n) is 6.71. The van der Waals surface area contributed by atoms with E-state index in [-0.39, 0.29) is 6.42 Å². The average Bonchev–Trinajstić information content (AvgIpc) is 2.45. The van der Waals surface area contributed by atoms with Crippen LogP contribution in [0.25, 0.3) is 0 Å². The maximum absolute atomic E-state index is 13.1. The smallest absolute Gasteiger partial charge is 0.310 e. The lowest BCUT2D eigenvalue weighted by molar-refractivity contribution is -0.599. The highest BCUT2D eigenvalue weighted by atomic mass is 19.1. The summed E-state index contributed by atoms with van der Waals surface area (Å²) in [6, 6.07) is 5.26. The number of carbonyl (C=O) groups is 1. The van der Waals surface area contributed by atoms with Crippen molar-refractivity contribution in [2.75, 3.05) is 6.61 Å². The summed E-state index contributed by atoms with van der Waals surface area (Å²) >= 11 is 0. The monoisotopic (exact) mass is 295 g/mol. The van der Waals surface area contributed by atoms with Crippen molar-refractivity contribution in [3.8, 4) is 0 Å². The van der Waals surface area contributed by atoms with Gasteiger partial charge in [-0.25, -0.2) is 4.39 Å². The van der Waals surface area contributed by atoms with Gasteiger partial charge in [-0.1, -0.05) is 12.1 Å². The molecule has 1 saturated heterocycles. The minimum absolute atomic E-state index is 0.179. The minimum Gasteiger partial charge on any atom is -0.458 e. The number of benzene rings is 1. The molecule has 7 heteroatoms. The van der Waals surface area contributed by atoms with E-state index >= 15 is 0 Å². The molecule has 1 saturated carbocycles. The molecule has 112 valence electrons. The van der Waals surface area contributed by atoms with Gasteiger partial charge in [0.05, 0.1) is 11.8 Å². The van der Waals surface area contributed by atoms with Gasteiger partial charge < -0.3 is 9.84 Å². The molecule has 6 nitrogen and oxygen atoms in total. The predicted molar refractivity (Wildman–Crippen MR) is 68.6 cm³/mol. The highest BCUT2D eigenvalue weighted by Crippen LogP contribution is 2.50. The standard InChI is InChI=1S/C14H14FNO5/c15-9-3-1-8(2-4-9)12-10-5-6-11(17)14(12,16(19)20)7-21-13(10)18/h1-4,10-12,17H,5-7H2/t10-,11+,12-,14-/m1/s1. The Balaban J connectivity index is 2.14. The van der Waals surface area contributed by atoms with E-state index in [0.29, 0.717) is 12.0 Å². The van der Waals surface area contributed by atoms with Crippen LogP contribution >= 0.6 is 0 Å². The zero-order valence-electron chi connectivity index (χ0n) is 11.1. The number of fused-ring (bicyclic) bond motifs is 2. The van der Waals surface area contributed by atoms with E-state index in [1.165, 1.54) is 24.3 Å². The molecule has 1 aromatic carbocycles. The molecule has 1 aliphatic carbocycles. The molecule has 1 heterocycles.